The van der Waals surface area contributed by atoms with Gasteiger partial charge in [0.25, 0.3) is 11.8 Å². The zero-order chi connectivity index (χ0) is 33.0. The fourth-order valence-corrected chi connectivity index (χ4v) is 6.26. The molecule has 4 aromatic rings. The number of hydrogen-bond acceptors (Lipinski definition) is 5. The molecule has 1 amide bonds. The molecule has 0 bridgehead atoms. The number of amides is 1. The van der Waals surface area contributed by atoms with Crippen molar-refractivity contribution in [1.82, 2.24) is 19.7 Å². The number of rotatable bonds is 5. The van der Waals surface area contributed by atoms with E-state index in [1.165, 1.54) is 29.4 Å². The average Bonchev–Trinajstić information content (AvgIpc) is 3.59. The summed E-state index contributed by atoms with van der Waals surface area (Å²) < 4.78 is 97.6. The molecule has 14 heteroatoms. The summed E-state index contributed by atoms with van der Waals surface area (Å²) in [5.74, 6) is -6.63. The number of hydrogen-bond donors (Lipinski definition) is 0. The number of ketones is 1. The van der Waals surface area contributed by atoms with Crippen LogP contribution in [-0.2, 0) is 16.9 Å². The molecule has 0 saturated carbocycles. The van der Waals surface area contributed by atoms with Gasteiger partial charge in [-0.05, 0) is 61.4 Å². The fraction of sp³-hybridized carbons (Fsp3) is 0.312. The number of Topliss-reactive ketones (excluding diaryl/α,β-unsaturated/α-hetero) is 1. The number of anilines is 1. The lowest BCUT2D eigenvalue weighted by atomic mass is 9.83. The normalized spacial score (nSPS) is 16.8. The SMILES string of the molecule is CC(F)(F)c1cc(N2CCC(=O)C23CCN(C(=O)c2cc(-c4cccnc4)n(-c4ccc(C(F)(F)F)c(F)c4)n2)CC3)ccc1F. The van der Waals surface area contributed by atoms with Crippen LogP contribution in [0.15, 0.2) is 67.0 Å². The number of carbonyl (C=O) groups is 2. The minimum Gasteiger partial charge on any atom is -0.358 e. The second-order valence-electron chi connectivity index (χ2n) is 11.4. The summed E-state index contributed by atoms with van der Waals surface area (Å²) in [7, 11) is 0. The highest BCUT2D eigenvalue weighted by Crippen LogP contribution is 2.42. The van der Waals surface area contributed by atoms with Crippen LogP contribution in [0, 0.1) is 11.6 Å². The number of nitrogens with zero attached hydrogens (tertiary/aromatic N) is 5. The van der Waals surface area contributed by atoms with Crippen molar-refractivity contribution in [3.63, 3.8) is 0 Å². The Morgan fingerprint density at radius 1 is 0.870 bits per heavy atom. The molecule has 7 nitrogen and oxygen atoms in total. The standard InChI is InChI=1S/C32H26F7N5O2/c1-30(35,36)23-15-20(5-7-24(23)33)43-12-8-28(45)31(43)9-13-42(14-10-31)29(46)26-17-27(19-3-2-11-40-18-19)44(41-26)21-4-6-22(25(34)16-21)32(37,38)39/h2-7,11,15-18H,8-10,12-14H2,1H3. The molecule has 2 aromatic carbocycles. The number of likely N-dealkylation sites (tertiary alicyclic amines) is 1. The van der Waals surface area contributed by atoms with Crippen LogP contribution >= 0.6 is 0 Å². The number of carbonyl (C=O) groups excluding carboxylic acids is 2. The molecule has 0 atom stereocenters. The van der Waals surface area contributed by atoms with Gasteiger partial charge >= 0.3 is 6.18 Å². The summed E-state index contributed by atoms with van der Waals surface area (Å²) in [5, 5.41) is 4.34. The minimum atomic E-state index is -4.90. The van der Waals surface area contributed by atoms with Gasteiger partial charge in [0, 0.05) is 62.7 Å². The number of pyridine rings is 1. The van der Waals surface area contributed by atoms with Gasteiger partial charge in [-0.25, -0.2) is 22.2 Å². The highest BCUT2D eigenvalue weighted by molar-refractivity contribution is 5.97. The van der Waals surface area contributed by atoms with Crippen molar-refractivity contribution >= 4 is 17.4 Å². The van der Waals surface area contributed by atoms with Gasteiger partial charge in [0.2, 0.25) is 0 Å². The molecule has 4 heterocycles. The second kappa shape index (κ2) is 11.2. The predicted octanol–water partition coefficient (Wildman–Crippen LogP) is 6.80. The lowest BCUT2D eigenvalue weighted by Crippen LogP contribution is -2.57. The molecular weight excluding hydrogens is 619 g/mol. The van der Waals surface area contributed by atoms with Crippen LogP contribution in [0.3, 0.4) is 0 Å². The van der Waals surface area contributed by atoms with Crippen LogP contribution in [0.2, 0.25) is 0 Å². The quantitative estimate of drug-likeness (QED) is 0.224. The first-order valence-corrected chi connectivity index (χ1v) is 14.3. The van der Waals surface area contributed by atoms with Gasteiger partial charge in [0.15, 0.2) is 11.5 Å². The molecule has 0 N–H and O–H groups in total. The van der Waals surface area contributed by atoms with E-state index in [1.54, 1.807) is 17.0 Å². The maximum absolute atomic E-state index is 14.5. The summed E-state index contributed by atoms with van der Waals surface area (Å²) in [4.78, 5) is 34.1. The Kier molecular flexibility index (Phi) is 7.64. The Bertz CT molecular complexity index is 1810. The Morgan fingerprint density at radius 3 is 2.22 bits per heavy atom. The smallest absolute Gasteiger partial charge is 0.358 e. The van der Waals surface area contributed by atoms with Crippen LogP contribution in [0.1, 0.15) is 47.8 Å². The van der Waals surface area contributed by atoms with Gasteiger partial charge < -0.3 is 9.80 Å². The van der Waals surface area contributed by atoms with Crippen molar-refractivity contribution in [2.45, 2.75) is 43.8 Å². The molecule has 1 spiro atoms. The van der Waals surface area contributed by atoms with E-state index in [0.29, 0.717) is 24.6 Å². The highest BCUT2D eigenvalue weighted by Gasteiger charge is 2.51. The monoisotopic (exact) mass is 645 g/mol. The number of piperidine rings is 1. The van der Waals surface area contributed by atoms with E-state index in [4.69, 9.17) is 0 Å². The van der Waals surface area contributed by atoms with Crippen LogP contribution in [0.4, 0.5) is 36.4 Å². The summed E-state index contributed by atoms with van der Waals surface area (Å²) in [5.41, 5.74) is -2.39. The van der Waals surface area contributed by atoms with Gasteiger partial charge in [0.1, 0.15) is 17.2 Å². The third-order valence-electron chi connectivity index (χ3n) is 8.60. The van der Waals surface area contributed by atoms with Crippen molar-refractivity contribution in [3.8, 4) is 16.9 Å². The number of aromatic nitrogens is 3. The van der Waals surface area contributed by atoms with Crippen LogP contribution < -0.4 is 4.90 Å². The molecule has 0 radical (unpaired) electrons. The molecule has 240 valence electrons. The zero-order valence-electron chi connectivity index (χ0n) is 24.3. The summed E-state index contributed by atoms with van der Waals surface area (Å²) >= 11 is 0. The maximum atomic E-state index is 14.5. The first kappa shape index (κ1) is 31.2. The maximum Gasteiger partial charge on any atom is 0.419 e. The molecule has 2 aromatic heterocycles. The highest BCUT2D eigenvalue weighted by atomic mass is 19.4. The molecule has 6 rings (SSSR count). The lowest BCUT2D eigenvalue weighted by molar-refractivity contribution is -0.140. The average molecular weight is 646 g/mol. The van der Waals surface area contributed by atoms with Crippen molar-refractivity contribution in [3.05, 3.63) is 95.4 Å². The molecule has 0 aliphatic carbocycles. The van der Waals surface area contributed by atoms with Gasteiger partial charge in [-0.1, -0.05) is 0 Å². The van der Waals surface area contributed by atoms with Gasteiger partial charge in [-0.2, -0.15) is 18.3 Å². The van der Waals surface area contributed by atoms with E-state index in [-0.39, 0.29) is 67.4 Å². The zero-order valence-corrected chi connectivity index (χ0v) is 24.3. The lowest BCUT2D eigenvalue weighted by Gasteiger charge is -2.44. The summed E-state index contributed by atoms with van der Waals surface area (Å²) in [6, 6.07) is 10.4. The molecule has 2 fully saturated rings. The fourth-order valence-electron chi connectivity index (χ4n) is 6.26. The topological polar surface area (TPSA) is 71.3 Å². The summed E-state index contributed by atoms with van der Waals surface area (Å²) in [6.45, 7) is 1.04. The van der Waals surface area contributed by atoms with Crippen molar-refractivity contribution in [1.29, 1.82) is 0 Å². The van der Waals surface area contributed by atoms with E-state index in [2.05, 4.69) is 10.1 Å². The largest absolute Gasteiger partial charge is 0.419 e. The first-order valence-electron chi connectivity index (χ1n) is 14.3. The van der Waals surface area contributed by atoms with Crippen LogP contribution in [0.5, 0.6) is 0 Å². The van der Waals surface area contributed by atoms with E-state index in [0.717, 1.165) is 22.9 Å². The van der Waals surface area contributed by atoms with Gasteiger partial charge in [-0.15, -0.1) is 0 Å². The Labute approximate surface area is 258 Å². The summed E-state index contributed by atoms with van der Waals surface area (Å²) in [6.07, 6.45) is -1.43. The Morgan fingerprint density at radius 2 is 1.59 bits per heavy atom. The molecule has 2 saturated heterocycles. The van der Waals surface area contributed by atoms with E-state index < -0.39 is 46.3 Å². The number of benzene rings is 2. The molecular formula is C32H26F7N5O2. The van der Waals surface area contributed by atoms with Gasteiger partial charge in [-0.3, -0.25) is 14.6 Å². The van der Waals surface area contributed by atoms with Crippen LogP contribution in [0.25, 0.3) is 16.9 Å². The molecule has 2 aliphatic heterocycles. The first-order chi connectivity index (χ1) is 21.7. The van der Waals surface area contributed by atoms with Crippen molar-refractivity contribution < 1.29 is 40.3 Å². The van der Waals surface area contributed by atoms with E-state index in [1.807, 2.05) is 0 Å². The molecule has 0 unspecified atom stereocenters. The van der Waals surface area contributed by atoms with Gasteiger partial charge in [0.05, 0.1) is 22.5 Å². The van der Waals surface area contributed by atoms with Crippen molar-refractivity contribution in [2.75, 3.05) is 24.5 Å². The number of alkyl halides is 5. The van der Waals surface area contributed by atoms with Crippen LogP contribution in [-0.4, -0.2) is 56.5 Å². The second-order valence-corrected chi connectivity index (χ2v) is 11.4. The van der Waals surface area contributed by atoms with E-state index >= 15 is 0 Å². The predicted molar refractivity (Wildman–Crippen MR) is 153 cm³/mol. The third-order valence-corrected chi connectivity index (χ3v) is 8.60. The third kappa shape index (κ3) is 5.49. The van der Waals surface area contributed by atoms with Crippen molar-refractivity contribution in [2.24, 2.45) is 0 Å². The molecule has 46 heavy (non-hydrogen) atoms. The Balaban J connectivity index is 1.28. The Hall–Kier alpha value is -4.75. The van der Waals surface area contributed by atoms with E-state index in [9.17, 15) is 40.3 Å². The number of halogens is 7. The minimum absolute atomic E-state index is 0.0514. The molecule has 2 aliphatic rings.